The lowest BCUT2D eigenvalue weighted by Crippen LogP contribution is -2.48. The highest BCUT2D eigenvalue weighted by atomic mass is 32.1. The van der Waals surface area contributed by atoms with E-state index < -0.39 is 0 Å². The van der Waals surface area contributed by atoms with Gasteiger partial charge in [0.25, 0.3) is 5.91 Å². The highest BCUT2D eigenvalue weighted by Gasteiger charge is 2.25. The minimum absolute atomic E-state index is 0.126. The second-order valence-corrected chi connectivity index (χ2v) is 7.99. The smallest absolute Gasteiger partial charge is 0.280 e. The number of carbonyl (C=O) groups excluding carboxylic acids is 2. The van der Waals surface area contributed by atoms with E-state index in [0.717, 1.165) is 18.0 Å². The molecule has 2 aromatic carbocycles. The average Bonchev–Trinajstić information content (AvgIpc) is 3.28. The van der Waals surface area contributed by atoms with Gasteiger partial charge < -0.3 is 10.1 Å². The van der Waals surface area contributed by atoms with E-state index in [4.69, 9.17) is 4.74 Å². The summed E-state index contributed by atoms with van der Waals surface area (Å²) in [5, 5.41) is 8.38. The number of hydrogen-bond acceptors (Lipinski definition) is 6. The minimum Gasteiger partial charge on any atom is -0.457 e. The van der Waals surface area contributed by atoms with Crippen LogP contribution in [0.5, 0.6) is 11.5 Å². The first-order valence-electron chi connectivity index (χ1n) is 9.61. The molecule has 30 heavy (non-hydrogen) atoms. The van der Waals surface area contributed by atoms with Crippen LogP contribution in [0.25, 0.3) is 0 Å². The number of aromatic nitrogens is 2. The van der Waals surface area contributed by atoms with Gasteiger partial charge in [0.15, 0.2) is 5.69 Å². The quantitative estimate of drug-likeness (QED) is 0.583. The fraction of sp³-hybridized carbons (Fsp3) is 0.273. The van der Waals surface area contributed by atoms with Gasteiger partial charge in [-0.05, 0) is 68.2 Å². The maximum atomic E-state index is 13.0. The standard InChI is InChI=1S/C22H24N4O3S/c1-4-22(2,3)23-20(27)14-26(21(28)19-15-30-25-24-19)16-10-12-18(13-11-16)29-17-8-6-5-7-9-17/h5-13,15H,4,14H2,1-3H3,(H,23,27). The number of rotatable bonds is 8. The van der Waals surface area contributed by atoms with Gasteiger partial charge in [-0.3, -0.25) is 14.5 Å². The van der Waals surface area contributed by atoms with E-state index in [0.29, 0.717) is 17.2 Å². The summed E-state index contributed by atoms with van der Waals surface area (Å²) in [5.74, 6) is 0.713. The number of para-hydroxylation sites is 1. The van der Waals surface area contributed by atoms with Gasteiger partial charge in [-0.15, -0.1) is 5.10 Å². The maximum Gasteiger partial charge on any atom is 0.280 e. The van der Waals surface area contributed by atoms with E-state index in [-0.39, 0.29) is 29.6 Å². The fourth-order valence-electron chi connectivity index (χ4n) is 2.64. The van der Waals surface area contributed by atoms with Crippen LogP contribution in [0.1, 0.15) is 37.7 Å². The van der Waals surface area contributed by atoms with Gasteiger partial charge in [0.2, 0.25) is 5.91 Å². The fourth-order valence-corrected chi connectivity index (χ4v) is 3.07. The second kappa shape index (κ2) is 9.49. The summed E-state index contributed by atoms with van der Waals surface area (Å²) in [6.07, 6.45) is 0.772. The van der Waals surface area contributed by atoms with Crippen LogP contribution in [0.3, 0.4) is 0 Å². The molecular formula is C22H24N4O3S. The first kappa shape index (κ1) is 21.4. The molecule has 1 N–H and O–H groups in total. The molecule has 0 saturated carbocycles. The predicted octanol–water partition coefficient (Wildman–Crippen LogP) is 4.28. The molecule has 0 unspecified atom stereocenters. The summed E-state index contributed by atoms with van der Waals surface area (Å²) in [4.78, 5) is 27.0. The Labute approximate surface area is 179 Å². The van der Waals surface area contributed by atoms with Gasteiger partial charge in [0.05, 0.1) is 0 Å². The SMILES string of the molecule is CCC(C)(C)NC(=O)CN(C(=O)c1csnn1)c1ccc(Oc2ccccc2)cc1. The number of hydrogen-bond donors (Lipinski definition) is 1. The molecule has 0 atom stereocenters. The zero-order chi connectivity index (χ0) is 21.6. The first-order valence-corrected chi connectivity index (χ1v) is 10.4. The molecule has 156 valence electrons. The third kappa shape index (κ3) is 5.64. The van der Waals surface area contributed by atoms with Crippen molar-refractivity contribution < 1.29 is 14.3 Å². The van der Waals surface area contributed by atoms with Crippen LogP contribution in [-0.2, 0) is 4.79 Å². The lowest BCUT2D eigenvalue weighted by Gasteiger charge is -2.27. The number of ether oxygens (including phenoxy) is 1. The van der Waals surface area contributed by atoms with Crippen molar-refractivity contribution in [1.29, 1.82) is 0 Å². The van der Waals surface area contributed by atoms with Crippen molar-refractivity contribution in [2.75, 3.05) is 11.4 Å². The van der Waals surface area contributed by atoms with E-state index in [9.17, 15) is 9.59 Å². The summed E-state index contributed by atoms with van der Waals surface area (Å²) < 4.78 is 9.56. The van der Waals surface area contributed by atoms with Gasteiger partial charge in [-0.1, -0.05) is 29.6 Å². The largest absolute Gasteiger partial charge is 0.457 e. The van der Waals surface area contributed by atoms with Crippen LogP contribution in [0.15, 0.2) is 60.0 Å². The Morgan fingerprint density at radius 1 is 1.07 bits per heavy atom. The predicted molar refractivity (Wildman–Crippen MR) is 117 cm³/mol. The number of benzene rings is 2. The molecule has 1 heterocycles. The molecule has 7 nitrogen and oxygen atoms in total. The van der Waals surface area contributed by atoms with Crippen molar-refractivity contribution in [3.8, 4) is 11.5 Å². The normalized spacial score (nSPS) is 11.0. The van der Waals surface area contributed by atoms with Crippen LogP contribution in [0, 0.1) is 0 Å². The molecular weight excluding hydrogens is 400 g/mol. The monoisotopic (exact) mass is 424 g/mol. The topological polar surface area (TPSA) is 84.4 Å². The zero-order valence-corrected chi connectivity index (χ0v) is 18.0. The summed E-state index contributed by atoms with van der Waals surface area (Å²) >= 11 is 1.09. The molecule has 0 spiro atoms. The molecule has 3 aromatic rings. The molecule has 1 aromatic heterocycles. The van der Waals surface area contributed by atoms with Crippen molar-refractivity contribution in [1.82, 2.24) is 14.9 Å². The van der Waals surface area contributed by atoms with Crippen molar-refractivity contribution in [2.24, 2.45) is 0 Å². The lowest BCUT2D eigenvalue weighted by atomic mass is 10.0. The van der Waals surface area contributed by atoms with Gasteiger partial charge in [-0.25, -0.2) is 0 Å². The van der Waals surface area contributed by atoms with E-state index >= 15 is 0 Å². The van der Waals surface area contributed by atoms with Gasteiger partial charge in [-0.2, -0.15) is 0 Å². The second-order valence-electron chi connectivity index (χ2n) is 7.38. The van der Waals surface area contributed by atoms with E-state index in [1.165, 1.54) is 4.90 Å². The van der Waals surface area contributed by atoms with E-state index in [1.54, 1.807) is 29.6 Å². The van der Waals surface area contributed by atoms with Gasteiger partial charge in [0.1, 0.15) is 18.0 Å². The number of carbonyl (C=O) groups is 2. The number of nitrogens with one attached hydrogen (secondary N) is 1. The number of amides is 2. The number of anilines is 1. The summed E-state index contributed by atoms with van der Waals surface area (Å²) in [7, 11) is 0. The lowest BCUT2D eigenvalue weighted by molar-refractivity contribution is -0.121. The van der Waals surface area contributed by atoms with Crippen LogP contribution < -0.4 is 15.0 Å². The molecule has 0 radical (unpaired) electrons. The Balaban J connectivity index is 1.80. The van der Waals surface area contributed by atoms with E-state index in [1.807, 2.05) is 51.1 Å². The average molecular weight is 425 g/mol. The summed E-state index contributed by atoms with van der Waals surface area (Å²) in [6, 6.07) is 16.4. The van der Waals surface area contributed by atoms with Crippen LogP contribution in [0.4, 0.5) is 5.69 Å². The molecule has 0 aliphatic carbocycles. The highest BCUT2D eigenvalue weighted by Crippen LogP contribution is 2.25. The summed E-state index contributed by atoms with van der Waals surface area (Å²) in [6.45, 7) is 5.75. The first-order chi connectivity index (χ1) is 14.4. The molecule has 0 bridgehead atoms. The van der Waals surface area contributed by atoms with Crippen LogP contribution in [0.2, 0.25) is 0 Å². The molecule has 3 rings (SSSR count). The Hall–Kier alpha value is -3.26. The molecule has 0 fully saturated rings. The number of nitrogens with zero attached hydrogens (tertiary/aromatic N) is 3. The molecule has 0 aliphatic heterocycles. The van der Waals surface area contributed by atoms with E-state index in [2.05, 4.69) is 14.9 Å². The van der Waals surface area contributed by atoms with Crippen LogP contribution in [-0.4, -0.2) is 33.5 Å². The van der Waals surface area contributed by atoms with Crippen molar-refractivity contribution in [2.45, 2.75) is 32.7 Å². The zero-order valence-electron chi connectivity index (χ0n) is 17.2. The van der Waals surface area contributed by atoms with Gasteiger partial charge >= 0.3 is 0 Å². The van der Waals surface area contributed by atoms with Crippen molar-refractivity contribution in [3.63, 3.8) is 0 Å². The van der Waals surface area contributed by atoms with Crippen molar-refractivity contribution >= 4 is 29.0 Å². The van der Waals surface area contributed by atoms with Crippen LogP contribution >= 0.6 is 11.5 Å². The third-order valence-corrected chi connectivity index (χ3v) is 5.12. The van der Waals surface area contributed by atoms with Crippen molar-refractivity contribution in [3.05, 3.63) is 65.7 Å². The molecule has 2 amide bonds. The highest BCUT2D eigenvalue weighted by molar-refractivity contribution is 7.03. The van der Waals surface area contributed by atoms with Gasteiger partial charge in [0, 0.05) is 16.6 Å². The molecule has 0 aliphatic rings. The Bertz CT molecular complexity index is 973. The summed E-state index contributed by atoms with van der Waals surface area (Å²) in [5.41, 5.74) is 0.409. The Morgan fingerprint density at radius 3 is 2.33 bits per heavy atom. The third-order valence-electron chi connectivity index (χ3n) is 4.62. The molecule has 8 heteroatoms. The molecule has 0 saturated heterocycles. The minimum atomic E-state index is -0.384. The Morgan fingerprint density at radius 2 is 1.73 bits per heavy atom. The maximum absolute atomic E-state index is 13.0. The Kier molecular flexibility index (Phi) is 6.79.